The van der Waals surface area contributed by atoms with Gasteiger partial charge in [-0.1, -0.05) is 18.5 Å². The maximum Gasteiger partial charge on any atom is 0.331 e. The number of hydrogen-bond donors (Lipinski definition) is 1. The summed E-state index contributed by atoms with van der Waals surface area (Å²) in [4.78, 5) is 11.5. The zero-order valence-corrected chi connectivity index (χ0v) is 13.2. The first-order valence-electron chi connectivity index (χ1n) is 5.88. The average Bonchev–Trinajstić information content (AvgIpc) is 2.87. The van der Waals surface area contributed by atoms with Crippen LogP contribution in [-0.2, 0) is 10.3 Å². The Bertz CT molecular complexity index is 661. The monoisotopic (exact) mass is 358 g/mol. The first kappa shape index (κ1) is 14.9. The van der Waals surface area contributed by atoms with Gasteiger partial charge in [0.25, 0.3) is 0 Å². The molecule has 2 rings (SSSR count). The van der Waals surface area contributed by atoms with Gasteiger partial charge in [0.05, 0.1) is 0 Å². The average molecular weight is 360 g/mol. The minimum absolute atomic E-state index is 0.353. The fourth-order valence-electron chi connectivity index (χ4n) is 1.75. The number of aromatic nitrogens is 4. The lowest BCUT2D eigenvalue weighted by Crippen LogP contribution is -2.39. The highest BCUT2D eigenvalue weighted by Crippen LogP contribution is 2.32. The van der Waals surface area contributed by atoms with Crippen LogP contribution in [0.4, 0.5) is 0 Å². The van der Waals surface area contributed by atoms with Crippen LogP contribution in [-0.4, -0.2) is 31.3 Å². The fourth-order valence-corrected chi connectivity index (χ4v) is 2.61. The van der Waals surface area contributed by atoms with E-state index in [4.69, 9.17) is 11.6 Å². The molecule has 0 saturated heterocycles. The van der Waals surface area contributed by atoms with Crippen LogP contribution in [0.1, 0.15) is 20.3 Å². The van der Waals surface area contributed by atoms with Crippen molar-refractivity contribution in [1.29, 1.82) is 0 Å². The standard InChI is InChI=1S/C12H12BrClN4O2/c1-3-12(2,11(19)20)18-10(15-16-17-18)8-5-4-7(14)6-9(8)13/h4-6H,3H2,1-2H3,(H,19,20). The Morgan fingerprint density at radius 2 is 2.25 bits per heavy atom. The van der Waals surface area contributed by atoms with Crippen LogP contribution < -0.4 is 0 Å². The van der Waals surface area contributed by atoms with Crippen LogP contribution in [0.5, 0.6) is 0 Å². The number of carboxylic acids is 1. The number of carboxylic acid groups (broad SMARTS) is 1. The number of rotatable bonds is 4. The Labute approximate surface area is 128 Å². The molecule has 0 spiro atoms. The molecular formula is C12H12BrClN4O2. The van der Waals surface area contributed by atoms with Crippen molar-refractivity contribution in [3.05, 3.63) is 27.7 Å². The molecule has 1 aromatic heterocycles. The SMILES string of the molecule is CCC(C)(C(=O)O)n1nnnc1-c1ccc(Cl)cc1Br. The molecule has 0 amide bonds. The van der Waals surface area contributed by atoms with Gasteiger partial charge in [-0.25, -0.2) is 9.48 Å². The number of carbonyl (C=O) groups is 1. The van der Waals surface area contributed by atoms with Gasteiger partial charge in [-0.3, -0.25) is 0 Å². The van der Waals surface area contributed by atoms with Crippen molar-refractivity contribution in [2.24, 2.45) is 0 Å². The van der Waals surface area contributed by atoms with Crippen molar-refractivity contribution in [3.8, 4) is 11.4 Å². The molecule has 1 heterocycles. The van der Waals surface area contributed by atoms with Crippen molar-refractivity contribution in [2.45, 2.75) is 25.8 Å². The van der Waals surface area contributed by atoms with Gasteiger partial charge in [0, 0.05) is 15.1 Å². The summed E-state index contributed by atoms with van der Waals surface area (Å²) in [6, 6.07) is 5.15. The quantitative estimate of drug-likeness (QED) is 0.907. The van der Waals surface area contributed by atoms with E-state index in [1.54, 1.807) is 32.0 Å². The van der Waals surface area contributed by atoms with Crippen LogP contribution in [0.3, 0.4) is 0 Å². The third-order valence-corrected chi connectivity index (χ3v) is 4.15. The fraction of sp³-hybridized carbons (Fsp3) is 0.333. The molecule has 106 valence electrons. The van der Waals surface area contributed by atoms with E-state index in [2.05, 4.69) is 31.5 Å². The largest absolute Gasteiger partial charge is 0.479 e. The maximum atomic E-state index is 11.5. The highest BCUT2D eigenvalue weighted by atomic mass is 79.9. The lowest BCUT2D eigenvalue weighted by Gasteiger charge is -2.24. The molecule has 0 fully saturated rings. The van der Waals surface area contributed by atoms with E-state index < -0.39 is 11.5 Å². The zero-order valence-electron chi connectivity index (χ0n) is 10.8. The van der Waals surface area contributed by atoms with Crippen molar-refractivity contribution in [1.82, 2.24) is 20.2 Å². The Morgan fingerprint density at radius 3 is 2.80 bits per heavy atom. The van der Waals surface area contributed by atoms with Gasteiger partial charge < -0.3 is 5.11 Å². The number of aliphatic carboxylic acids is 1. The summed E-state index contributed by atoms with van der Waals surface area (Å²) < 4.78 is 2.02. The first-order chi connectivity index (χ1) is 9.40. The van der Waals surface area contributed by atoms with Gasteiger partial charge in [-0.2, -0.15) is 0 Å². The van der Waals surface area contributed by atoms with Gasteiger partial charge >= 0.3 is 5.97 Å². The number of halogens is 2. The molecule has 0 radical (unpaired) electrons. The van der Waals surface area contributed by atoms with Crippen LogP contribution in [0.25, 0.3) is 11.4 Å². The Morgan fingerprint density at radius 1 is 1.55 bits per heavy atom. The molecule has 6 nitrogen and oxygen atoms in total. The van der Waals surface area contributed by atoms with Crippen LogP contribution >= 0.6 is 27.5 Å². The normalized spacial score (nSPS) is 14.0. The Kier molecular flexibility index (Phi) is 4.10. The molecule has 1 N–H and O–H groups in total. The van der Waals surface area contributed by atoms with Crippen molar-refractivity contribution in [2.75, 3.05) is 0 Å². The smallest absolute Gasteiger partial charge is 0.331 e. The minimum atomic E-state index is -1.21. The summed E-state index contributed by atoms with van der Waals surface area (Å²) in [5.41, 5.74) is -0.530. The molecule has 0 aliphatic carbocycles. The highest BCUT2D eigenvalue weighted by Gasteiger charge is 2.37. The predicted octanol–water partition coefficient (Wildman–Crippen LogP) is 2.97. The van der Waals surface area contributed by atoms with Gasteiger partial charge in [-0.05, 0) is 57.9 Å². The number of tetrazole rings is 1. The maximum absolute atomic E-state index is 11.5. The zero-order chi connectivity index (χ0) is 14.9. The number of hydrogen-bond acceptors (Lipinski definition) is 4. The molecular weight excluding hydrogens is 348 g/mol. The molecule has 0 saturated carbocycles. The summed E-state index contributed by atoms with van der Waals surface area (Å²) in [5.74, 6) is -0.612. The predicted molar refractivity (Wildman–Crippen MR) is 77.5 cm³/mol. The Balaban J connectivity index is 2.61. The van der Waals surface area contributed by atoms with Gasteiger partial charge in [0.15, 0.2) is 11.4 Å². The second kappa shape index (κ2) is 5.49. The summed E-state index contributed by atoms with van der Waals surface area (Å²) in [7, 11) is 0. The molecule has 20 heavy (non-hydrogen) atoms. The topological polar surface area (TPSA) is 80.9 Å². The van der Waals surface area contributed by atoms with Gasteiger partial charge in [-0.15, -0.1) is 5.10 Å². The molecule has 0 aliphatic rings. The summed E-state index contributed by atoms with van der Waals surface area (Å²) in [6.07, 6.45) is 0.353. The number of benzene rings is 1. The van der Waals surface area contributed by atoms with Crippen LogP contribution in [0, 0.1) is 0 Å². The van der Waals surface area contributed by atoms with E-state index in [9.17, 15) is 9.90 Å². The molecule has 0 aliphatic heterocycles. The van der Waals surface area contributed by atoms with Crippen molar-refractivity contribution >= 4 is 33.5 Å². The van der Waals surface area contributed by atoms with E-state index in [0.29, 0.717) is 27.3 Å². The summed E-state index contributed by atoms with van der Waals surface area (Å²) >= 11 is 9.29. The van der Waals surface area contributed by atoms with Crippen molar-refractivity contribution in [3.63, 3.8) is 0 Å². The molecule has 1 aromatic carbocycles. The molecule has 2 aromatic rings. The van der Waals surface area contributed by atoms with Crippen LogP contribution in [0.15, 0.2) is 22.7 Å². The first-order valence-corrected chi connectivity index (χ1v) is 7.05. The van der Waals surface area contributed by atoms with Crippen molar-refractivity contribution < 1.29 is 9.90 Å². The van der Waals surface area contributed by atoms with E-state index in [-0.39, 0.29) is 0 Å². The second-order valence-electron chi connectivity index (χ2n) is 4.47. The Hall–Kier alpha value is -1.47. The van der Waals surface area contributed by atoms with Gasteiger partial charge in [0.1, 0.15) is 0 Å². The molecule has 8 heteroatoms. The number of nitrogens with zero attached hydrogens (tertiary/aromatic N) is 4. The highest BCUT2D eigenvalue weighted by molar-refractivity contribution is 9.10. The lowest BCUT2D eigenvalue weighted by atomic mass is 9.99. The molecule has 1 unspecified atom stereocenters. The molecule has 0 bridgehead atoms. The third kappa shape index (κ3) is 2.43. The van der Waals surface area contributed by atoms with Gasteiger partial charge in [0.2, 0.25) is 0 Å². The van der Waals surface area contributed by atoms with E-state index in [1.165, 1.54) is 4.68 Å². The second-order valence-corrected chi connectivity index (χ2v) is 5.76. The lowest BCUT2D eigenvalue weighted by molar-refractivity contribution is -0.147. The third-order valence-electron chi connectivity index (χ3n) is 3.26. The minimum Gasteiger partial charge on any atom is -0.479 e. The van der Waals surface area contributed by atoms with E-state index >= 15 is 0 Å². The van der Waals surface area contributed by atoms with Crippen LogP contribution in [0.2, 0.25) is 5.02 Å². The van der Waals surface area contributed by atoms with E-state index in [0.717, 1.165) is 0 Å². The summed E-state index contributed by atoms with van der Waals surface area (Å²) in [6.45, 7) is 3.36. The summed E-state index contributed by atoms with van der Waals surface area (Å²) in [5, 5.41) is 21.4. The molecule has 1 atom stereocenters. The van der Waals surface area contributed by atoms with E-state index in [1.807, 2.05) is 0 Å².